The van der Waals surface area contributed by atoms with Crippen molar-refractivity contribution in [2.24, 2.45) is 0 Å². The number of carbonyl (C=O) groups is 1. The Morgan fingerprint density at radius 3 is 2.97 bits per heavy atom. The Kier molecular flexibility index (Phi) is 4.28. The minimum absolute atomic E-state index is 0.0736. The lowest BCUT2D eigenvalue weighted by molar-refractivity contribution is 0.0444. The molecular formula is C21H17N3O4S. The number of thiophene rings is 1. The third-order valence-corrected chi connectivity index (χ3v) is 6.20. The molecule has 4 aromatic rings. The number of rotatable bonds is 4. The van der Waals surface area contributed by atoms with E-state index in [-0.39, 0.29) is 12.2 Å². The summed E-state index contributed by atoms with van der Waals surface area (Å²) in [6.45, 7) is 2.36. The van der Waals surface area contributed by atoms with E-state index in [0.29, 0.717) is 38.9 Å². The van der Waals surface area contributed by atoms with Crippen LogP contribution in [0.5, 0.6) is 0 Å². The molecule has 0 saturated heterocycles. The minimum atomic E-state index is -0.505. The quantitative estimate of drug-likeness (QED) is 0.479. The van der Waals surface area contributed by atoms with Crippen molar-refractivity contribution >= 4 is 27.5 Å². The number of nitrogens with zero attached hydrogens (tertiary/aromatic N) is 3. The first-order valence-electron chi connectivity index (χ1n) is 9.32. The van der Waals surface area contributed by atoms with E-state index in [1.165, 1.54) is 11.3 Å². The van der Waals surface area contributed by atoms with Crippen LogP contribution in [0.25, 0.3) is 21.5 Å². The maximum atomic E-state index is 12.7. The topological polar surface area (TPSA) is 87.2 Å². The number of aromatic nitrogens is 3. The van der Waals surface area contributed by atoms with E-state index < -0.39 is 5.97 Å². The first-order chi connectivity index (χ1) is 14.1. The van der Waals surface area contributed by atoms with Gasteiger partial charge in [0.2, 0.25) is 5.89 Å². The van der Waals surface area contributed by atoms with Crippen LogP contribution < -0.4 is 5.56 Å². The van der Waals surface area contributed by atoms with Gasteiger partial charge in [-0.15, -0.1) is 11.3 Å². The molecular weight excluding hydrogens is 390 g/mol. The molecule has 1 aliphatic heterocycles. The fourth-order valence-corrected chi connectivity index (χ4v) is 4.66. The lowest BCUT2D eigenvalue weighted by atomic mass is 10.2. The predicted octanol–water partition coefficient (Wildman–Crippen LogP) is 3.72. The number of hydrogen-bond acceptors (Lipinski definition) is 7. The number of aryl methyl sites for hydroxylation is 2. The van der Waals surface area contributed by atoms with E-state index in [1.54, 1.807) is 17.7 Å². The van der Waals surface area contributed by atoms with Gasteiger partial charge in [0.25, 0.3) is 5.56 Å². The van der Waals surface area contributed by atoms with Crippen LogP contribution in [0.15, 0.2) is 45.7 Å². The maximum absolute atomic E-state index is 12.7. The molecule has 0 saturated carbocycles. The Morgan fingerprint density at radius 2 is 2.14 bits per heavy atom. The molecule has 0 aliphatic carbocycles. The molecule has 1 aliphatic rings. The molecule has 0 N–H and O–H groups in total. The summed E-state index contributed by atoms with van der Waals surface area (Å²) in [5.74, 6) is 1.21. The Balaban J connectivity index is 1.37. The molecule has 0 atom stereocenters. The molecule has 1 aromatic carbocycles. The first kappa shape index (κ1) is 17.8. The Bertz CT molecular complexity index is 1290. The summed E-state index contributed by atoms with van der Waals surface area (Å²) in [4.78, 5) is 35.1. The van der Waals surface area contributed by atoms with E-state index in [0.717, 1.165) is 24.2 Å². The molecule has 5 rings (SSSR count). The highest BCUT2D eigenvalue weighted by Crippen LogP contribution is 2.29. The van der Waals surface area contributed by atoms with Crippen molar-refractivity contribution in [3.8, 4) is 11.3 Å². The number of benzene rings is 1. The second-order valence-electron chi connectivity index (χ2n) is 6.89. The standard InChI is InChI=1S/C21H17N3O4S/c1-12-17-19(23-15-8-5-9-24(15)20(17)25)29-18(12)21(26)27-11-16-22-10-14(28-16)13-6-3-2-4-7-13/h2-4,6-7,10H,5,8-9,11H2,1H3. The van der Waals surface area contributed by atoms with Gasteiger partial charge in [-0.05, 0) is 18.9 Å². The molecule has 0 bridgehead atoms. The lowest BCUT2D eigenvalue weighted by Gasteiger charge is -2.02. The molecule has 0 radical (unpaired) electrons. The van der Waals surface area contributed by atoms with E-state index in [4.69, 9.17) is 9.15 Å². The van der Waals surface area contributed by atoms with Gasteiger partial charge in [0, 0.05) is 18.5 Å². The molecule has 0 unspecified atom stereocenters. The zero-order valence-electron chi connectivity index (χ0n) is 15.7. The van der Waals surface area contributed by atoms with E-state index in [1.807, 2.05) is 30.3 Å². The molecule has 0 amide bonds. The summed E-state index contributed by atoms with van der Waals surface area (Å²) < 4.78 is 12.8. The zero-order valence-corrected chi connectivity index (χ0v) is 16.5. The third kappa shape index (κ3) is 3.05. The molecule has 3 aromatic heterocycles. The van der Waals surface area contributed by atoms with Crippen LogP contribution in [0.3, 0.4) is 0 Å². The van der Waals surface area contributed by atoms with Gasteiger partial charge in [0.1, 0.15) is 15.5 Å². The Hall–Kier alpha value is -3.26. The number of esters is 1. The average molecular weight is 407 g/mol. The molecule has 146 valence electrons. The van der Waals surface area contributed by atoms with Gasteiger partial charge in [-0.1, -0.05) is 30.3 Å². The van der Waals surface area contributed by atoms with Gasteiger partial charge in [-0.3, -0.25) is 9.36 Å². The van der Waals surface area contributed by atoms with Crippen LogP contribution >= 0.6 is 11.3 Å². The third-order valence-electron chi connectivity index (χ3n) is 5.04. The van der Waals surface area contributed by atoms with E-state index in [2.05, 4.69) is 9.97 Å². The van der Waals surface area contributed by atoms with Gasteiger partial charge in [0.15, 0.2) is 12.4 Å². The van der Waals surface area contributed by atoms with Crippen LogP contribution in [0, 0.1) is 6.92 Å². The summed E-state index contributed by atoms with van der Waals surface area (Å²) in [5.41, 5.74) is 1.44. The molecule has 0 fully saturated rings. The van der Waals surface area contributed by atoms with Crippen molar-refractivity contribution in [2.45, 2.75) is 32.9 Å². The van der Waals surface area contributed by atoms with Gasteiger partial charge in [-0.25, -0.2) is 14.8 Å². The summed E-state index contributed by atoms with van der Waals surface area (Å²) in [5, 5.41) is 0.509. The molecule has 0 spiro atoms. The van der Waals surface area contributed by atoms with Gasteiger partial charge in [-0.2, -0.15) is 0 Å². The van der Waals surface area contributed by atoms with Gasteiger partial charge >= 0.3 is 5.97 Å². The summed E-state index contributed by atoms with van der Waals surface area (Å²) in [7, 11) is 0. The van der Waals surface area contributed by atoms with Crippen LogP contribution in [-0.4, -0.2) is 20.5 Å². The Labute approximate surface area is 169 Å². The molecule has 7 nitrogen and oxygen atoms in total. The summed E-state index contributed by atoms with van der Waals surface area (Å²) in [6, 6.07) is 9.58. The number of carbonyl (C=O) groups excluding carboxylic acids is 1. The van der Waals surface area contributed by atoms with Crippen LogP contribution in [-0.2, 0) is 24.3 Å². The van der Waals surface area contributed by atoms with Gasteiger partial charge < -0.3 is 9.15 Å². The first-order valence-corrected chi connectivity index (χ1v) is 10.1. The smallest absolute Gasteiger partial charge is 0.349 e. The highest BCUT2D eigenvalue weighted by atomic mass is 32.1. The second-order valence-corrected chi connectivity index (χ2v) is 7.88. The van der Waals surface area contributed by atoms with E-state index >= 15 is 0 Å². The van der Waals surface area contributed by atoms with Crippen molar-refractivity contribution in [1.29, 1.82) is 0 Å². The number of fused-ring (bicyclic) bond motifs is 2. The Morgan fingerprint density at radius 1 is 1.31 bits per heavy atom. The van der Waals surface area contributed by atoms with Crippen LogP contribution in [0.1, 0.15) is 33.4 Å². The number of hydrogen-bond donors (Lipinski definition) is 0. The van der Waals surface area contributed by atoms with Crippen molar-refractivity contribution in [2.75, 3.05) is 0 Å². The fourth-order valence-electron chi connectivity index (χ4n) is 3.58. The molecule has 29 heavy (non-hydrogen) atoms. The predicted molar refractivity (Wildman–Crippen MR) is 108 cm³/mol. The maximum Gasteiger partial charge on any atom is 0.349 e. The van der Waals surface area contributed by atoms with Crippen LogP contribution in [0.2, 0.25) is 0 Å². The average Bonchev–Trinajstić information content (AvgIpc) is 3.46. The highest BCUT2D eigenvalue weighted by molar-refractivity contribution is 7.20. The SMILES string of the molecule is Cc1c(C(=O)OCc2ncc(-c3ccccc3)o2)sc2nc3n(c(=O)c12)CCC3. The largest absolute Gasteiger partial charge is 0.451 e. The molecule has 4 heterocycles. The second kappa shape index (κ2) is 6.97. The number of ether oxygens (including phenoxy) is 1. The van der Waals surface area contributed by atoms with E-state index in [9.17, 15) is 9.59 Å². The van der Waals surface area contributed by atoms with Crippen molar-refractivity contribution in [3.63, 3.8) is 0 Å². The highest BCUT2D eigenvalue weighted by Gasteiger charge is 2.24. The number of oxazole rings is 1. The summed E-state index contributed by atoms with van der Waals surface area (Å²) in [6.07, 6.45) is 3.32. The monoisotopic (exact) mass is 407 g/mol. The summed E-state index contributed by atoms with van der Waals surface area (Å²) >= 11 is 1.20. The van der Waals surface area contributed by atoms with Crippen molar-refractivity contribution in [1.82, 2.24) is 14.5 Å². The fraction of sp³-hybridized carbons (Fsp3) is 0.238. The normalized spacial score (nSPS) is 13.0. The minimum Gasteiger partial charge on any atom is -0.451 e. The molecule has 8 heteroatoms. The lowest BCUT2D eigenvalue weighted by Crippen LogP contribution is -2.20. The van der Waals surface area contributed by atoms with Crippen LogP contribution in [0.4, 0.5) is 0 Å². The zero-order chi connectivity index (χ0) is 20.0. The van der Waals surface area contributed by atoms with Crippen molar-refractivity contribution in [3.05, 3.63) is 69.0 Å². The van der Waals surface area contributed by atoms with Gasteiger partial charge in [0.05, 0.1) is 11.6 Å². The van der Waals surface area contributed by atoms with Crippen molar-refractivity contribution < 1.29 is 13.9 Å².